The first-order chi connectivity index (χ1) is 9.70. The second-order valence-electron chi connectivity index (χ2n) is 4.90. The van der Waals surface area contributed by atoms with Crippen molar-refractivity contribution in [3.63, 3.8) is 0 Å². The fourth-order valence-electron chi connectivity index (χ4n) is 2.31. The summed E-state index contributed by atoms with van der Waals surface area (Å²) in [7, 11) is 0. The fourth-order valence-corrected chi connectivity index (χ4v) is 2.45. The number of hydrogen-bond donors (Lipinski definition) is 1. The summed E-state index contributed by atoms with van der Waals surface area (Å²) in [6.07, 6.45) is 4.26. The predicted octanol–water partition coefficient (Wildman–Crippen LogP) is 2.02. The molecule has 5 nitrogen and oxygen atoms in total. The van der Waals surface area contributed by atoms with Crippen molar-refractivity contribution in [3.8, 4) is 0 Å². The predicted molar refractivity (Wildman–Crippen MR) is 75.7 cm³/mol. The molecular formula is C14H19ClN2O3. The van der Waals surface area contributed by atoms with Gasteiger partial charge in [-0.25, -0.2) is 0 Å². The highest BCUT2D eigenvalue weighted by molar-refractivity contribution is 6.17. The van der Waals surface area contributed by atoms with Crippen molar-refractivity contribution in [1.29, 1.82) is 0 Å². The number of hydrogen-bond acceptors (Lipinski definition) is 3. The van der Waals surface area contributed by atoms with Gasteiger partial charge in [-0.3, -0.25) is 9.59 Å². The zero-order chi connectivity index (χ0) is 14.4. The average molecular weight is 299 g/mol. The van der Waals surface area contributed by atoms with Crippen LogP contribution >= 0.6 is 11.6 Å². The summed E-state index contributed by atoms with van der Waals surface area (Å²) in [4.78, 5) is 25.5. The molecule has 0 atom stereocenters. The minimum Gasteiger partial charge on any atom is -0.459 e. The van der Waals surface area contributed by atoms with Gasteiger partial charge in [-0.15, -0.1) is 11.6 Å². The fraction of sp³-hybridized carbons (Fsp3) is 0.571. The molecule has 0 spiro atoms. The molecule has 0 radical (unpaired) electrons. The number of carbonyl (C=O) groups is 2. The highest BCUT2D eigenvalue weighted by Gasteiger charge is 2.24. The number of nitrogens with zero attached hydrogens (tertiary/aromatic N) is 1. The lowest BCUT2D eigenvalue weighted by Crippen LogP contribution is -2.46. The molecule has 1 aliphatic heterocycles. The van der Waals surface area contributed by atoms with E-state index in [2.05, 4.69) is 5.32 Å². The monoisotopic (exact) mass is 298 g/mol. The van der Waals surface area contributed by atoms with Crippen molar-refractivity contribution in [2.24, 2.45) is 0 Å². The molecule has 1 saturated heterocycles. The molecule has 20 heavy (non-hydrogen) atoms. The maximum absolute atomic E-state index is 11.8. The van der Waals surface area contributed by atoms with Crippen molar-refractivity contribution in [2.75, 3.05) is 19.0 Å². The number of amides is 2. The molecule has 0 aromatic carbocycles. The van der Waals surface area contributed by atoms with E-state index in [-0.39, 0.29) is 17.9 Å². The van der Waals surface area contributed by atoms with E-state index in [1.807, 2.05) is 4.90 Å². The van der Waals surface area contributed by atoms with Crippen molar-refractivity contribution in [2.45, 2.75) is 31.7 Å². The van der Waals surface area contributed by atoms with Crippen LogP contribution in [-0.4, -0.2) is 41.7 Å². The molecule has 1 fully saturated rings. The third-order valence-corrected chi connectivity index (χ3v) is 3.72. The third kappa shape index (κ3) is 4.00. The highest BCUT2D eigenvalue weighted by atomic mass is 35.5. The summed E-state index contributed by atoms with van der Waals surface area (Å²) in [5.41, 5.74) is 0. The normalized spacial score (nSPS) is 16.1. The quantitative estimate of drug-likeness (QED) is 0.846. The van der Waals surface area contributed by atoms with Gasteiger partial charge in [0, 0.05) is 31.4 Å². The lowest BCUT2D eigenvalue weighted by Gasteiger charge is -2.32. The molecule has 2 amide bonds. The second kappa shape index (κ2) is 7.33. The number of carbonyl (C=O) groups excluding carboxylic acids is 2. The SMILES string of the molecule is O=C(NC1CCN(C(=O)CCCCl)CC1)c1ccco1. The van der Waals surface area contributed by atoms with Crippen molar-refractivity contribution in [3.05, 3.63) is 24.2 Å². The van der Waals surface area contributed by atoms with E-state index in [0.29, 0.717) is 31.2 Å². The molecule has 2 heterocycles. The van der Waals surface area contributed by atoms with E-state index in [1.54, 1.807) is 12.1 Å². The first-order valence-electron chi connectivity index (χ1n) is 6.89. The van der Waals surface area contributed by atoms with Gasteiger partial charge in [0.05, 0.1) is 6.26 Å². The maximum atomic E-state index is 11.8. The second-order valence-corrected chi connectivity index (χ2v) is 5.28. The Kier molecular flexibility index (Phi) is 5.47. The van der Waals surface area contributed by atoms with Crippen LogP contribution in [0.1, 0.15) is 36.2 Å². The molecule has 0 bridgehead atoms. The number of rotatable bonds is 5. The van der Waals surface area contributed by atoms with Gasteiger partial charge in [-0.2, -0.15) is 0 Å². The first kappa shape index (κ1) is 14.9. The molecule has 6 heteroatoms. The van der Waals surface area contributed by atoms with Gasteiger partial charge >= 0.3 is 0 Å². The number of alkyl halides is 1. The zero-order valence-electron chi connectivity index (χ0n) is 11.3. The molecule has 1 aliphatic rings. The van der Waals surface area contributed by atoms with E-state index < -0.39 is 0 Å². The van der Waals surface area contributed by atoms with Crippen LogP contribution in [0, 0.1) is 0 Å². The standard InChI is InChI=1S/C14H19ClN2O3/c15-7-1-4-13(18)17-8-5-11(6-9-17)16-14(19)12-3-2-10-20-12/h2-3,10-11H,1,4-9H2,(H,16,19). The molecule has 1 N–H and O–H groups in total. The van der Waals surface area contributed by atoms with Crippen LogP contribution < -0.4 is 5.32 Å². The Balaban J connectivity index is 1.74. The Morgan fingerprint density at radius 3 is 2.75 bits per heavy atom. The van der Waals surface area contributed by atoms with E-state index in [1.165, 1.54) is 6.26 Å². The van der Waals surface area contributed by atoms with Crippen LogP contribution in [0.15, 0.2) is 22.8 Å². The Hall–Kier alpha value is -1.49. The molecule has 1 aromatic heterocycles. The summed E-state index contributed by atoms with van der Waals surface area (Å²) < 4.78 is 5.05. The molecule has 0 saturated carbocycles. The zero-order valence-corrected chi connectivity index (χ0v) is 12.1. The van der Waals surface area contributed by atoms with Crippen molar-refractivity contribution >= 4 is 23.4 Å². The molecule has 0 aliphatic carbocycles. The van der Waals surface area contributed by atoms with Crippen LogP contribution in [-0.2, 0) is 4.79 Å². The average Bonchev–Trinajstić information content (AvgIpc) is 3.00. The lowest BCUT2D eigenvalue weighted by molar-refractivity contribution is -0.132. The minimum atomic E-state index is -0.193. The summed E-state index contributed by atoms with van der Waals surface area (Å²) in [5, 5.41) is 2.93. The van der Waals surface area contributed by atoms with Gasteiger partial charge in [0.25, 0.3) is 5.91 Å². The van der Waals surface area contributed by atoms with Crippen LogP contribution in [0.2, 0.25) is 0 Å². The van der Waals surface area contributed by atoms with Gasteiger partial charge in [-0.05, 0) is 31.4 Å². The molecule has 2 rings (SSSR count). The Labute approximate surface area is 123 Å². The summed E-state index contributed by atoms with van der Waals surface area (Å²) in [6.45, 7) is 1.37. The Morgan fingerprint density at radius 2 is 2.15 bits per heavy atom. The number of halogens is 1. The van der Waals surface area contributed by atoms with Crippen molar-refractivity contribution < 1.29 is 14.0 Å². The van der Waals surface area contributed by atoms with E-state index in [0.717, 1.165) is 19.3 Å². The van der Waals surface area contributed by atoms with Gasteiger partial charge in [0.1, 0.15) is 0 Å². The number of likely N-dealkylation sites (tertiary alicyclic amines) is 1. The van der Waals surface area contributed by atoms with Crippen molar-refractivity contribution in [1.82, 2.24) is 10.2 Å². The van der Waals surface area contributed by atoms with E-state index >= 15 is 0 Å². The smallest absolute Gasteiger partial charge is 0.287 e. The van der Waals surface area contributed by atoms with Gasteiger partial charge < -0.3 is 14.6 Å². The van der Waals surface area contributed by atoms with Gasteiger partial charge in [0.15, 0.2) is 5.76 Å². The topological polar surface area (TPSA) is 62.6 Å². The maximum Gasteiger partial charge on any atom is 0.287 e. The Bertz CT molecular complexity index is 439. The number of nitrogens with one attached hydrogen (secondary N) is 1. The highest BCUT2D eigenvalue weighted by Crippen LogP contribution is 2.13. The minimum absolute atomic E-state index is 0.102. The van der Waals surface area contributed by atoms with Crippen LogP contribution in [0.4, 0.5) is 0 Å². The third-order valence-electron chi connectivity index (χ3n) is 3.45. The van der Waals surface area contributed by atoms with Crippen LogP contribution in [0.25, 0.3) is 0 Å². The largest absolute Gasteiger partial charge is 0.459 e. The molecular weight excluding hydrogens is 280 g/mol. The molecule has 110 valence electrons. The van der Waals surface area contributed by atoms with Gasteiger partial charge in [0.2, 0.25) is 5.91 Å². The van der Waals surface area contributed by atoms with Crippen LogP contribution in [0.5, 0.6) is 0 Å². The van der Waals surface area contributed by atoms with Gasteiger partial charge in [-0.1, -0.05) is 0 Å². The number of piperidine rings is 1. The molecule has 0 unspecified atom stereocenters. The summed E-state index contributed by atoms with van der Waals surface area (Å²) >= 11 is 5.59. The lowest BCUT2D eigenvalue weighted by atomic mass is 10.0. The summed E-state index contributed by atoms with van der Waals surface area (Å²) in [6, 6.07) is 3.43. The summed E-state index contributed by atoms with van der Waals surface area (Å²) in [5.74, 6) is 0.801. The van der Waals surface area contributed by atoms with E-state index in [4.69, 9.17) is 16.0 Å². The number of furan rings is 1. The molecule has 1 aromatic rings. The Morgan fingerprint density at radius 1 is 1.40 bits per heavy atom. The van der Waals surface area contributed by atoms with Crippen LogP contribution in [0.3, 0.4) is 0 Å². The van der Waals surface area contributed by atoms with E-state index in [9.17, 15) is 9.59 Å². The first-order valence-corrected chi connectivity index (χ1v) is 7.42.